The molecule has 0 fully saturated rings. The van der Waals surface area contributed by atoms with Crippen molar-refractivity contribution >= 4 is 5.69 Å². The van der Waals surface area contributed by atoms with E-state index in [1.54, 1.807) is 0 Å². The third-order valence-corrected chi connectivity index (χ3v) is 3.47. The van der Waals surface area contributed by atoms with E-state index in [4.69, 9.17) is 0 Å². The second kappa shape index (κ2) is 5.35. The van der Waals surface area contributed by atoms with Gasteiger partial charge < -0.3 is 10.6 Å². The molecular formula is C14H22N2. The highest BCUT2D eigenvalue weighted by molar-refractivity contribution is 5.56. The van der Waals surface area contributed by atoms with E-state index in [1.807, 2.05) is 7.05 Å². The van der Waals surface area contributed by atoms with E-state index in [2.05, 4.69) is 35.8 Å². The van der Waals surface area contributed by atoms with Gasteiger partial charge in [0, 0.05) is 12.2 Å². The monoisotopic (exact) mass is 218 g/mol. The molecule has 0 bridgehead atoms. The molecule has 88 valence electrons. The Morgan fingerprint density at radius 3 is 3.06 bits per heavy atom. The lowest BCUT2D eigenvalue weighted by molar-refractivity contribution is 0.481. The van der Waals surface area contributed by atoms with Gasteiger partial charge in [-0.2, -0.15) is 0 Å². The van der Waals surface area contributed by atoms with Gasteiger partial charge in [0.1, 0.15) is 0 Å². The van der Waals surface area contributed by atoms with Crippen LogP contribution in [-0.4, -0.2) is 20.1 Å². The van der Waals surface area contributed by atoms with Crippen molar-refractivity contribution in [3.63, 3.8) is 0 Å². The third kappa shape index (κ3) is 2.56. The quantitative estimate of drug-likeness (QED) is 0.793. The molecule has 2 N–H and O–H groups in total. The first kappa shape index (κ1) is 11.5. The Kier molecular flexibility index (Phi) is 3.83. The molecule has 2 rings (SSSR count). The van der Waals surface area contributed by atoms with Gasteiger partial charge in [-0.15, -0.1) is 0 Å². The summed E-state index contributed by atoms with van der Waals surface area (Å²) in [6.07, 6.45) is 3.63. The molecule has 1 aliphatic rings. The van der Waals surface area contributed by atoms with Gasteiger partial charge in [-0.1, -0.05) is 25.5 Å². The number of nitrogens with one attached hydrogen (secondary N) is 2. The summed E-state index contributed by atoms with van der Waals surface area (Å²) in [7, 11) is 2.04. The first-order chi connectivity index (χ1) is 7.83. The average Bonchev–Trinajstić information content (AvgIpc) is 2.75. The maximum atomic E-state index is 3.41. The Bertz CT molecular complexity index is 347. The highest BCUT2D eigenvalue weighted by atomic mass is 14.9. The van der Waals surface area contributed by atoms with E-state index in [1.165, 1.54) is 36.1 Å². The zero-order chi connectivity index (χ0) is 11.4. The second-order valence-corrected chi connectivity index (χ2v) is 4.70. The van der Waals surface area contributed by atoms with Crippen LogP contribution in [0.4, 0.5) is 5.69 Å². The molecular weight excluding hydrogens is 196 g/mol. The fraction of sp³-hybridized carbons (Fsp3) is 0.571. The van der Waals surface area contributed by atoms with E-state index < -0.39 is 0 Å². The number of rotatable bonds is 5. The predicted molar refractivity (Wildman–Crippen MR) is 70.0 cm³/mol. The first-order valence-corrected chi connectivity index (χ1v) is 6.33. The lowest BCUT2D eigenvalue weighted by Crippen LogP contribution is -2.20. The zero-order valence-corrected chi connectivity index (χ0v) is 10.3. The minimum atomic E-state index is 0.761. The largest absolute Gasteiger partial charge is 0.384 e. The van der Waals surface area contributed by atoms with E-state index in [9.17, 15) is 0 Å². The van der Waals surface area contributed by atoms with Crippen LogP contribution in [-0.2, 0) is 12.8 Å². The smallest absolute Gasteiger partial charge is 0.0373 e. The number of anilines is 1. The van der Waals surface area contributed by atoms with Gasteiger partial charge in [0.2, 0.25) is 0 Å². The van der Waals surface area contributed by atoms with Crippen molar-refractivity contribution in [2.24, 2.45) is 5.92 Å². The molecule has 16 heavy (non-hydrogen) atoms. The standard InChI is InChI=1S/C14H22N2/c1-3-11(10-15-2)8-12-4-5-14-13(9-12)6-7-16-14/h4-5,9,11,15-16H,3,6-8,10H2,1-2H3. The summed E-state index contributed by atoms with van der Waals surface area (Å²) in [5.41, 5.74) is 4.33. The minimum Gasteiger partial charge on any atom is -0.384 e. The molecule has 1 aliphatic heterocycles. The maximum absolute atomic E-state index is 3.41. The topological polar surface area (TPSA) is 24.1 Å². The molecule has 0 saturated heterocycles. The summed E-state index contributed by atoms with van der Waals surface area (Å²) in [4.78, 5) is 0. The Hall–Kier alpha value is -1.02. The molecule has 1 heterocycles. The van der Waals surface area contributed by atoms with Crippen LogP contribution < -0.4 is 10.6 Å². The van der Waals surface area contributed by atoms with Gasteiger partial charge in [0.25, 0.3) is 0 Å². The van der Waals surface area contributed by atoms with Crippen LogP contribution in [0, 0.1) is 5.92 Å². The summed E-state index contributed by atoms with van der Waals surface area (Å²) in [6, 6.07) is 6.90. The van der Waals surface area contributed by atoms with Crippen molar-refractivity contribution in [1.29, 1.82) is 0 Å². The minimum absolute atomic E-state index is 0.761. The molecule has 2 heteroatoms. The molecule has 1 unspecified atom stereocenters. The fourth-order valence-corrected chi connectivity index (χ4v) is 2.47. The second-order valence-electron chi connectivity index (χ2n) is 4.70. The first-order valence-electron chi connectivity index (χ1n) is 6.33. The molecule has 1 aromatic rings. The van der Waals surface area contributed by atoms with E-state index in [0.29, 0.717) is 0 Å². The van der Waals surface area contributed by atoms with Crippen molar-refractivity contribution in [3.05, 3.63) is 29.3 Å². The number of hydrogen-bond acceptors (Lipinski definition) is 2. The normalized spacial score (nSPS) is 15.6. The molecule has 0 radical (unpaired) electrons. The Morgan fingerprint density at radius 2 is 2.31 bits per heavy atom. The van der Waals surface area contributed by atoms with Crippen LogP contribution in [0.25, 0.3) is 0 Å². The fourth-order valence-electron chi connectivity index (χ4n) is 2.47. The number of hydrogen-bond donors (Lipinski definition) is 2. The third-order valence-electron chi connectivity index (χ3n) is 3.47. The number of fused-ring (bicyclic) bond motifs is 1. The van der Waals surface area contributed by atoms with Gasteiger partial charge in [0.05, 0.1) is 0 Å². The zero-order valence-electron chi connectivity index (χ0n) is 10.3. The molecule has 0 amide bonds. The SMILES string of the molecule is CCC(CNC)Cc1ccc2c(c1)CCN2. The lowest BCUT2D eigenvalue weighted by atomic mass is 9.95. The molecule has 2 nitrogen and oxygen atoms in total. The molecule has 0 aromatic heterocycles. The molecule has 0 spiro atoms. The average molecular weight is 218 g/mol. The maximum Gasteiger partial charge on any atom is 0.0373 e. The molecule has 1 atom stereocenters. The van der Waals surface area contributed by atoms with Crippen LogP contribution in [0.15, 0.2) is 18.2 Å². The van der Waals surface area contributed by atoms with Crippen molar-refractivity contribution in [1.82, 2.24) is 5.32 Å². The van der Waals surface area contributed by atoms with Crippen LogP contribution in [0.3, 0.4) is 0 Å². The highest BCUT2D eigenvalue weighted by Crippen LogP contribution is 2.24. The van der Waals surface area contributed by atoms with Crippen LogP contribution >= 0.6 is 0 Å². The summed E-state index contributed by atoms with van der Waals surface area (Å²) < 4.78 is 0. The van der Waals surface area contributed by atoms with E-state index in [-0.39, 0.29) is 0 Å². The summed E-state index contributed by atoms with van der Waals surface area (Å²) in [5, 5.41) is 6.69. The Balaban J connectivity index is 2.04. The molecule has 0 aliphatic carbocycles. The van der Waals surface area contributed by atoms with Gasteiger partial charge in [-0.3, -0.25) is 0 Å². The molecule has 1 aromatic carbocycles. The van der Waals surface area contributed by atoms with E-state index in [0.717, 1.165) is 19.0 Å². The highest BCUT2D eigenvalue weighted by Gasteiger charge is 2.12. The van der Waals surface area contributed by atoms with Gasteiger partial charge in [-0.25, -0.2) is 0 Å². The van der Waals surface area contributed by atoms with Crippen LogP contribution in [0.1, 0.15) is 24.5 Å². The van der Waals surface area contributed by atoms with Crippen molar-refractivity contribution in [3.8, 4) is 0 Å². The van der Waals surface area contributed by atoms with Crippen LogP contribution in [0.2, 0.25) is 0 Å². The van der Waals surface area contributed by atoms with Crippen molar-refractivity contribution in [2.45, 2.75) is 26.2 Å². The lowest BCUT2D eigenvalue weighted by Gasteiger charge is -2.14. The van der Waals surface area contributed by atoms with Crippen LogP contribution in [0.5, 0.6) is 0 Å². The Labute approximate surface area is 98.4 Å². The van der Waals surface area contributed by atoms with Crippen molar-refractivity contribution < 1.29 is 0 Å². The number of benzene rings is 1. The predicted octanol–water partition coefficient (Wildman–Crippen LogP) is 2.44. The summed E-state index contributed by atoms with van der Waals surface area (Å²) in [5.74, 6) is 0.761. The van der Waals surface area contributed by atoms with Gasteiger partial charge >= 0.3 is 0 Å². The molecule has 0 saturated carbocycles. The van der Waals surface area contributed by atoms with Crippen molar-refractivity contribution in [2.75, 3.05) is 25.5 Å². The van der Waals surface area contributed by atoms with E-state index >= 15 is 0 Å². The van der Waals surface area contributed by atoms with Gasteiger partial charge in [-0.05, 0) is 49.5 Å². The Morgan fingerprint density at radius 1 is 1.44 bits per heavy atom. The van der Waals surface area contributed by atoms with Gasteiger partial charge in [0.15, 0.2) is 0 Å². The summed E-state index contributed by atoms with van der Waals surface area (Å²) in [6.45, 7) is 4.50. The summed E-state index contributed by atoms with van der Waals surface area (Å²) >= 11 is 0.